The average Bonchev–Trinajstić information content (AvgIpc) is 3.15. The van der Waals surface area contributed by atoms with E-state index in [0.717, 1.165) is 10.5 Å². The molecule has 1 unspecified atom stereocenters. The third-order valence-corrected chi connectivity index (χ3v) is 8.74. The molecule has 12 heteroatoms. The Kier molecular flexibility index (Phi) is 10.5. The maximum atomic E-state index is 13.6. The molecule has 5 aromatic carbocycles. The Morgan fingerprint density at radius 2 is 1.38 bits per heavy atom. The van der Waals surface area contributed by atoms with Crippen LogP contribution in [0.1, 0.15) is 26.7 Å². The van der Waals surface area contributed by atoms with Crippen molar-refractivity contribution in [2.45, 2.75) is 10.1 Å². The molecule has 11 nitrogen and oxygen atoms in total. The van der Waals surface area contributed by atoms with Crippen molar-refractivity contribution in [2.75, 3.05) is 23.8 Å². The molecule has 1 heterocycles. The molecule has 0 bridgehead atoms. The van der Waals surface area contributed by atoms with E-state index in [9.17, 15) is 24.5 Å². The second kappa shape index (κ2) is 15.7. The zero-order valence-electron chi connectivity index (χ0n) is 26.4. The average molecular weight is 687 g/mol. The lowest BCUT2D eigenvalue weighted by Gasteiger charge is -2.20. The summed E-state index contributed by atoms with van der Waals surface area (Å²) in [4.78, 5) is 52.0. The van der Waals surface area contributed by atoms with Gasteiger partial charge in [-0.05, 0) is 66.2 Å². The Morgan fingerprint density at radius 1 is 0.740 bits per heavy atom. The van der Waals surface area contributed by atoms with E-state index in [-0.39, 0.29) is 22.9 Å². The van der Waals surface area contributed by atoms with E-state index in [1.807, 2.05) is 30.3 Å². The maximum Gasteiger partial charge on any atom is 0.276 e. The number of fused-ring (bicyclic) bond motifs is 1. The monoisotopic (exact) mass is 686 g/mol. The van der Waals surface area contributed by atoms with Crippen molar-refractivity contribution < 1.29 is 28.8 Å². The van der Waals surface area contributed by atoms with Gasteiger partial charge in [0.1, 0.15) is 24.2 Å². The number of nitro benzene ring substituents is 1. The first-order valence-electron chi connectivity index (χ1n) is 15.5. The lowest BCUT2D eigenvalue weighted by atomic mass is 10.1. The van der Waals surface area contributed by atoms with E-state index in [0.29, 0.717) is 41.7 Å². The molecule has 3 amide bonds. The molecule has 0 saturated carbocycles. The minimum absolute atomic E-state index is 0.143. The molecule has 1 aliphatic rings. The van der Waals surface area contributed by atoms with Crippen LogP contribution in [0.25, 0.3) is 6.08 Å². The van der Waals surface area contributed by atoms with Crippen LogP contribution < -0.4 is 25.4 Å². The van der Waals surface area contributed by atoms with Crippen molar-refractivity contribution in [3.8, 4) is 11.5 Å². The van der Waals surface area contributed by atoms with Gasteiger partial charge < -0.3 is 25.4 Å². The number of nitrogens with one attached hydrogen (secondary N) is 3. The summed E-state index contributed by atoms with van der Waals surface area (Å²) in [5.41, 5.74) is 1.81. The highest BCUT2D eigenvalue weighted by atomic mass is 32.2. The fourth-order valence-electron chi connectivity index (χ4n) is 5.05. The smallest absolute Gasteiger partial charge is 0.276 e. The minimum atomic E-state index is -0.686. The van der Waals surface area contributed by atoms with E-state index >= 15 is 0 Å². The lowest BCUT2D eigenvalue weighted by Crippen LogP contribution is -2.30. The summed E-state index contributed by atoms with van der Waals surface area (Å²) in [5, 5.41) is 19.4. The summed E-state index contributed by atoms with van der Waals surface area (Å²) < 4.78 is 11.2. The topological polar surface area (TPSA) is 149 Å². The Morgan fingerprint density at radius 3 is 2.10 bits per heavy atom. The van der Waals surface area contributed by atoms with Gasteiger partial charge in [0, 0.05) is 34.0 Å². The number of carbonyl (C=O) groups excluding carboxylic acids is 3. The van der Waals surface area contributed by atoms with Gasteiger partial charge in [0.25, 0.3) is 17.5 Å². The van der Waals surface area contributed by atoms with Crippen LogP contribution in [0.4, 0.5) is 17.1 Å². The number of thioether (sulfide) groups is 1. The molecule has 1 atom stereocenters. The molecule has 0 spiro atoms. The highest BCUT2D eigenvalue weighted by Crippen LogP contribution is 2.38. The Balaban J connectivity index is 1.20. The van der Waals surface area contributed by atoms with Gasteiger partial charge in [-0.25, -0.2) is 0 Å². The lowest BCUT2D eigenvalue weighted by molar-refractivity contribution is -0.385. The van der Waals surface area contributed by atoms with Crippen LogP contribution in [-0.4, -0.2) is 35.9 Å². The standard InChI is InChI=1S/C38H30N4O7S/c43-36(26-11-5-2-6-12-26)41-31(23-27-13-7-8-14-32(27)42(46)47)37(44)39-28-15-18-30(19-16-28)50-35(25-9-3-1-4-10-25)38(45)40-29-17-20-33-34(24-29)49-22-21-48-33/h1-20,23-24,35H,21-22H2,(H,39,44)(H,40,45)(H,41,43)/b31-23-. The van der Waals surface area contributed by atoms with Crippen LogP contribution in [0.2, 0.25) is 0 Å². The first-order chi connectivity index (χ1) is 24.3. The van der Waals surface area contributed by atoms with Crippen LogP contribution in [0.3, 0.4) is 0 Å². The minimum Gasteiger partial charge on any atom is -0.486 e. The molecule has 3 N–H and O–H groups in total. The molecule has 6 rings (SSSR count). The predicted molar refractivity (Wildman–Crippen MR) is 191 cm³/mol. The number of nitrogens with zero attached hydrogens (tertiary/aromatic N) is 1. The largest absolute Gasteiger partial charge is 0.486 e. The van der Waals surface area contributed by atoms with E-state index < -0.39 is 22.0 Å². The first-order valence-corrected chi connectivity index (χ1v) is 16.4. The van der Waals surface area contributed by atoms with Crippen molar-refractivity contribution in [3.63, 3.8) is 0 Å². The van der Waals surface area contributed by atoms with Crippen LogP contribution in [0.15, 0.2) is 138 Å². The van der Waals surface area contributed by atoms with Gasteiger partial charge in [-0.15, -0.1) is 11.8 Å². The van der Waals surface area contributed by atoms with Crippen LogP contribution in [0.5, 0.6) is 11.5 Å². The molecule has 50 heavy (non-hydrogen) atoms. The normalized spacial score (nSPS) is 12.7. The SMILES string of the molecule is O=C(Nc1ccc(SC(C(=O)Nc2ccc3c(c2)OCCO3)c2ccccc2)cc1)/C(=C/c1ccccc1[N+](=O)[O-])NC(=O)c1ccccc1. The number of hydrogen-bond donors (Lipinski definition) is 3. The van der Waals surface area contributed by atoms with E-state index in [4.69, 9.17) is 9.47 Å². The quantitative estimate of drug-likeness (QED) is 0.0570. The Labute approximate surface area is 291 Å². The molecule has 0 fully saturated rings. The van der Waals surface area contributed by atoms with Gasteiger partial charge in [0.2, 0.25) is 5.91 Å². The number of rotatable bonds is 11. The van der Waals surface area contributed by atoms with Crippen molar-refractivity contribution >= 4 is 52.6 Å². The van der Waals surface area contributed by atoms with E-state index in [2.05, 4.69) is 16.0 Å². The van der Waals surface area contributed by atoms with Crippen LogP contribution in [-0.2, 0) is 9.59 Å². The fourth-order valence-corrected chi connectivity index (χ4v) is 6.08. The zero-order chi connectivity index (χ0) is 34.9. The Bertz CT molecular complexity index is 2060. The van der Waals surface area contributed by atoms with E-state index in [1.165, 1.54) is 36.0 Å². The number of nitro groups is 1. The summed E-state index contributed by atoms with van der Waals surface area (Å²) in [7, 11) is 0. The van der Waals surface area contributed by atoms with Crippen LogP contribution in [0, 0.1) is 10.1 Å². The first kappa shape index (κ1) is 33.5. The van der Waals surface area contributed by atoms with Crippen molar-refractivity contribution in [2.24, 2.45) is 0 Å². The molecule has 0 radical (unpaired) electrons. The summed E-state index contributed by atoms with van der Waals surface area (Å²) in [6, 6.07) is 35.7. The van der Waals surface area contributed by atoms with Crippen LogP contribution >= 0.6 is 11.8 Å². The van der Waals surface area contributed by atoms with E-state index in [1.54, 1.807) is 78.9 Å². The fraction of sp³-hybridized carbons (Fsp3) is 0.0789. The summed E-state index contributed by atoms with van der Waals surface area (Å²) in [6.45, 7) is 0.897. The van der Waals surface area contributed by atoms with Gasteiger partial charge in [0.15, 0.2) is 11.5 Å². The van der Waals surface area contributed by atoms with Gasteiger partial charge in [-0.3, -0.25) is 24.5 Å². The van der Waals surface area contributed by atoms with Crippen molar-refractivity contribution in [1.29, 1.82) is 0 Å². The van der Waals surface area contributed by atoms with Gasteiger partial charge in [0.05, 0.1) is 10.5 Å². The highest BCUT2D eigenvalue weighted by molar-refractivity contribution is 8.00. The zero-order valence-corrected chi connectivity index (χ0v) is 27.2. The second-order valence-corrected chi connectivity index (χ2v) is 12.1. The number of anilines is 2. The third kappa shape index (κ3) is 8.35. The van der Waals surface area contributed by atoms with Crippen molar-refractivity contribution in [3.05, 3.63) is 160 Å². The number of amides is 3. The highest BCUT2D eigenvalue weighted by Gasteiger charge is 2.24. The number of hydrogen-bond acceptors (Lipinski definition) is 8. The molecule has 250 valence electrons. The maximum absolute atomic E-state index is 13.6. The number of ether oxygens (including phenoxy) is 2. The summed E-state index contributed by atoms with van der Waals surface area (Å²) in [6.07, 6.45) is 1.27. The molecular weight excluding hydrogens is 657 g/mol. The van der Waals surface area contributed by atoms with Gasteiger partial charge >= 0.3 is 0 Å². The molecule has 0 saturated heterocycles. The number of carbonyl (C=O) groups is 3. The molecule has 0 aromatic heterocycles. The summed E-state index contributed by atoms with van der Waals surface area (Å²) in [5.74, 6) is -0.296. The predicted octanol–water partition coefficient (Wildman–Crippen LogP) is 7.25. The molecule has 5 aromatic rings. The molecule has 0 aliphatic carbocycles. The van der Waals surface area contributed by atoms with Gasteiger partial charge in [-0.1, -0.05) is 60.7 Å². The second-order valence-electron chi connectivity index (χ2n) is 10.9. The third-order valence-electron chi connectivity index (χ3n) is 7.48. The van der Waals surface area contributed by atoms with Crippen molar-refractivity contribution in [1.82, 2.24) is 5.32 Å². The Hall–Kier alpha value is -6.40. The summed E-state index contributed by atoms with van der Waals surface area (Å²) >= 11 is 1.33. The number of benzene rings is 5. The van der Waals surface area contributed by atoms with Gasteiger partial charge in [-0.2, -0.15) is 0 Å². The molecular formula is C38H30N4O7S. The molecule has 1 aliphatic heterocycles. The number of para-hydroxylation sites is 1.